The Morgan fingerprint density at radius 2 is 2.31 bits per heavy atom. The Bertz CT molecular complexity index is 634. The molecule has 2 rings (SSSR count). The normalized spacial score (nSPS) is 12.0. The molecular weight excluding hydrogens is 220 g/mol. The number of hydrogen-bond donors (Lipinski definition) is 0. The lowest BCUT2D eigenvalue weighted by Crippen LogP contribution is -2.12. The van der Waals surface area contributed by atoms with Crippen LogP contribution in [0.4, 0.5) is 0 Å². The first-order valence-electron chi connectivity index (χ1n) is 4.89. The average molecular weight is 232 g/mol. The Labute approximate surface area is 97.4 Å². The number of thiazole rings is 1. The lowest BCUT2D eigenvalue weighted by molar-refractivity contribution is -0.113. The van der Waals surface area contributed by atoms with Gasteiger partial charge in [0.15, 0.2) is 4.80 Å². The van der Waals surface area contributed by atoms with Crippen molar-refractivity contribution in [2.45, 2.75) is 6.92 Å². The second-order valence-electron chi connectivity index (χ2n) is 3.57. The number of carbonyl (C=O) groups excluding carboxylic acids is 1. The summed E-state index contributed by atoms with van der Waals surface area (Å²) in [6, 6.07) is 6.18. The van der Waals surface area contributed by atoms with Gasteiger partial charge in [0.2, 0.25) is 0 Å². The maximum absolute atomic E-state index is 11.2. The average Bonchev–Trinajstić information content (AvgIpc) is 2.55. The Kier molecular flexibility index (Phi) is 2.75. The Morgan fingerprint density at radius 1 is 1.56 bits per heavy atom. The van der Waals surface area contributed by atoms with Gasteiger partial charge in [-0.2, -0.15) is 4.99 Å². The fourth-order valence-electron chi connectivity index (χ4n) is 1.49. The van der Waals surface area contributed by atoms with Crippen molar-refractivity contribution in [1.82, 2.24) is 4.57 Å². The number of nitrogens with zero attached hydrogens (tertiary/aromatic N) is 2. The van der Waals surface area contributed by atoms with Crippen molar-refractivity contribution in [2.24, 2.45) is 12.0 Å². The van der Waals surface area contributed by atoms with Crippen LogP contribution in [0.1, 0.15) is 5.56 Å². The third-order valence-corrected chi connectivity index (χ3v) is 3.44. The molecule has 0 aliphatic rings. The number of aromatic nitrogens is 1. The minimum Gasteiger partial charge on any atom is -0.319 e. The van der Waals surface area contributed by atoms with Crippen LogP contribution >= 0.6 is 11.3 Å². The molecule has 0 fully saturated rings. The predicted molar refractivity (Wildman–Crippen MR) is 66.3 cm³/mol. The highest BCUT2D eigenvalue weighted by atomic mass is 32.1. The molecule has 1 heterocycles. The molecule has 2 aromatic rings. The largest absolute Gasteiger partial charge is 0.319 e. The first-order chi connectivity index (χ1) is 7.61. The van der Waals surface area contributed by atoms with E-state index >= 15 is 0 Å². The fourth-order valence-corrected chi connectivity index (χ4v) is 2.61. The van der Waals surface area contributed by atoms with Gasteiger partial charge in [-0.15, -0.1) is 0 Å². The molecule has 0 atom stereocenters. The first-order valence-corrected chi connectivity index (χ1v) is 5.71. The van der Waals surface area contributed by atoms with Crippen molar-refractivity contribution in [3.05, 3.63) is 41.2 Å². The van der Waals surface area contributed by atoms with E-state index in [0.717, 1.165) is 10.2 Å². The smallest absolute Gasteiger partial charge is 0.271 e. The number of hydrogen-bond acceptors (Lipinski definition) is 2. The first kappa shape index (κ1) is 10.8. The highest BCUT2D eigenvalue weighted by Crippen LogP contribution is 2.17. The highest BCUT2D eigenvalue weighted by Gasteiger charge is 2.03. The highest BCUT2D eigenvalue weighted by molar-refractivity contribution is 7.16. The summed E-state index contributed by atoms with van der Waals surface area (Å²) < 4.78 is 3.05. The van der Waals surface area contributed by atoms with Gasteiger partial charge in [-0.25, -0.2) is 0 Å². The molecule has 16 heavy (non-hydrogen) atoms. The zero-order valence-corrected chi connectivity index (χ0v) is 10.0. The maximum atomic E-state index is 11.2. The van der Waals surface area contributed by atoms with Gasteiger partial charge < -0.3 is 4.57 Å². The number of rotatable bonds is 1. The molecular formula is C12H12N2OS. The third-order valence-electron chi connectivity index (χ3n) is 2.35. The molecule has 1 amide bonds. The summed E-state index contributed by atoms with van der Waals surface area (Å²) in [7, 11) is 1.91. The van der Waals surface area contributed by atoms with Gasteiger partial charge in [-0.3, -0.25) is 4.79 Å². The molecule has 0 N–H and O–H groups in total. The predicted octanol–water partition coefficient (Wildman–Crippen LogP) is 2.16. The van der Waals surface area contributed by atoms with Gasteiger partial charge in [-0.1, -0.05) is 24.0 Å². The number of fused-ring (bicyclic) bond motifs is 1. The van der Waals surface area contributed by atoms with Crippen molar-refractivity contribution >= 4 is 27.5 Å². The van der Waals surface area contributed by atoms with Crippen LogP contribution in [0.5, 0.6) is 0 Å². The van der Waals surface area contributed by atoms with E-state index < -0.39 is 0 Å². The van der Waals surface area contributed by atoms with Crippen molar-refractivity contribution in [3.8, 4) is 0 Å². The van der Waals surface area contributed by atoms with Gasteiger partial charge in [0.05, 0.1) is 10.2 Å². The molecule has 0 aliphatic carbocycles. The van der Waals surface area contributed by atoms with Crippen molar-refractivity contribution in [1.29, 1.82) is 0 Å². The minimum atomic E-state index is -0.307. The van der Waals surface area contributed by atoms with Crippen LogP contribution < -0.4 is 4.80 Å². The molecule has 0 bridgehead atoms. The molecule has 0 saturated heterocycles. The topological polar surface area (TPSA) is 34.4 Å². The molecule has 0 spiro atoms. The summed E-state index contributed by atoms with van der Waals surface area (Å²) >= 11 is 1.51. The van der Waals surface area contributed by atoms with Crippen molar-refractivity contribution in [2.75, 3.05) is 0 Å². The van der Waals surface area contributed by atoms with Gasteiger partial charge in [0.25, 0.3) is 5.91 Å². The van der Waals surface area contributed by atoms with E-state index in [0.29, 0.717) is 4.80 Å². The molecule has 1 aromatic heterocycles. The van der Waals surface area contributed by atoms with Crippen LogP contribution in [0, 0.1) is 6.92 Å². The van der Waals surface area contributed by atoms with Crippen molar-refractivity contribution in [3.63, 3.8) is 0 Å². The number of benzene rings is 1. The van der Waals surface area contributed by atoms with Crippen LogP contribution in [-0.4, -0.2) is 10.5 Å². The quantitative estimate of drug-likeness (QED) is 0.694. The van der Waals surface area contributed by atoms with Crippen LogP contribution in [0.15, 0.2) is 35.8 Å². The monoisotopic (exact) mass is 232 g/mol. The summed E-state index contributed by atoms with van der Waals surface area (Å²) in [4.78, 5) is 15.9. The second kappa shape index (κ2) is 4.06. The van der Waals surface area contributed by atoms with Crippen molar-refractivity contribution < 1.29 is 4.79 Å². The van der Waals surface area contributed by atoms with Gasteiger partial charge in [0.1, 0.15) is 0 Å². The molecule has 0 unspecified atom stereocenters. The summed E-state index contributed by atoms with van der Waals surface area (Å²) in [6.45, 7) is 5.45. The standard InChI is InChI=1S/C12H12N2OS/c1-4-11(15)13-12-14(3)9-6-5-8(2)7-10(9)16-12/h4-7H,1H2,2-3H3. The van der Waals surface area contributed by atoms with E-state index in [1.54, 1.807) is 0 Å². The van der Waals surface area contributed by atoms with E-state index in [-0.39, 0.29) is 5.91 Å². The lowest BCUT2D eigenvalue weighted by atomic mass is 10.2. The summed E-state index contributed by atoms with van der Waals surface area (Å²) in [5, 5.41) is 0. The van der Waals surface area contributed by atoms with E-state index in [2.05, 4.69) is 17.6 Å². The molecule has 0 saturated carbocycles. The van der Waals surface area contributed by atoms with E-state index in [4.69, 9.17) is 0 Å². The Hall–Kier alpha value is -1.68. The van der Waals surface area contributed by atoms with Gasteiger partial charge in [-0.05, 0) is 30.7 Å². The van der Waals surface area contributed by atoms with Crippen LogP contribution in [-0.2, 0) is 11.8 Å². The summed E-state index contributed by atoms with van der Waals surface area (Å²) in [5.74, 6) is -0.307. The number of aryl methyl sites for hydroxylation is 2. The van der Waals surface area contributed by atoms with Gasteiger partial charge in [0, 0.05) is 7.05 Å². The van der Waals surface area contributed by atoms with Crippen LogP contribution in [0.3, 0.4) is 0 Å². The van der Waals surface area contributed by atoms with Crippen LogP contribution in [0.2, 0.25) is 0 Å². The SMILES string of the molecule is C=CC(=O)N=c1sc2cc(C)ccc2n1C. The van der Waals surface area contributed by atoms with Gasteiger partial charge >= 0.3 is 0 Å². The summed E-state index contributed by atoms with van der Waals surface area (Å²) in [6.07, 6.45) is 1.22. The Morgan fingerprint density at radius 3 is 3.00 bits per heavy atom. The molecule has 3 nitrogen and oxygen atoms in total. The summed E-state index contributed by atoms with van der Waals surface area (Å²) in [5.41, 5.74) is 2.29. The molecule has 4 heteroatoms. The zero-order chi connectivity index (χ0) is 11.7. The molecule has 82 valence electrons. The number of carbonyl (C=O) groups is 1. The molecule has 0 aliphatic heterocycles. The van der Waals surface area contributed by atoms with Crippen LogP contribution in [0.25, 0.3) is 10.2 Å². The Balaban J connectivity index is 2.73. The van der Waals surface area contributed by atoms with E-state index in [9.17, 15) is 4.79 Å². The number of amides is 1. The maximum Gasteiger partial charge on any atom is 0.271 e. The molecule has 0 radical (unpaired) electrons. The fraction of sp³-hybridized carbons (Fsp3) is 0.167. The van der Waals surface area contributed by atoms with E-state index in [1.165, 1.54) is 23.0 Å². The zero-order valence-electron chi connectivity index (χ0n) is 9.23. The lowest BCUT2D eigenvalue weighted by Gasteiger charge is -1.95. The minimum absolute atomic E-state index is 0.307. The second-order valence-corrected chi connectivity index (χ2v) is 4.58. The van der Waals surface area contributed by atoms with E-state index in [1.807, 2.05) is 30.7 Å². The molecule has 1 aromatic carbocycles. The third kappa shape index (κ3) is 1.84.